The molecule has 0 aliphatic carbocycles. The number of aryl methyl sites for hydroxylation is 4. The van der Waals surface area contributed by atoms with Gasteiger partial charge in [-0.05, 0) is 130 Å². The van der Waals surface area contributed by atoms with E-state index in [4.69, 9.17) is 0 Å². The Labute approximate surface area is 207 Å². The van der Waals surface area contributed by atoms with E-state index in [9.17, 15) is 0 Å². The second-order valence-electron chi connectivity index (χ2n) is 10.4. The van der Waals surface area contributed by atoms with Crippen molar-refractivity contribution in [2.45, 2.75) is 105 Å². The van der Waals surface area contributed by atoms with Crippen molar-refractivity contribution in [1.29, 1.82) is 0 Å². The zero-order valence-corrected chi connectivity index (χ0v) is 22.1. The molecule has 4 rings (SSSR count). The molecule has 34 heavy (non-hydrogen) atoms. The van der Waals surface area contributed by atoms with Crippen LogP contribution in [0.4, 0.5) is 0 Å². The van der Waals surface area contributed by atoms with Crippen LogP contribution in [-0.2, 0) is 25.7 Å². The molecular weight excluding hydrogens is 408 g/mol. The molecule has 0 saturated heterocycles. The molecule has 0 N–H and O–H groups in total. The minimum atomic E-state index is 1.21. The lowest BCUT2D eigenvalue weighted by molar-refractivity contribution is 0.759. The quantitative estimate of drug-likeness (QED) is 0.187. The summed E-state index contributed by atoms with van der Waals surface area (Å²) in [6.07, 6.45) is 15.0. The van der Waals surface area contributed by atoms with Crippen molar-refractivity contribution >= 4 is 32.3 Å². The van der Waals surface area contributed by atoms with Crippen LogP contribution in [0.5, 0.6) is 0 Å². The van der Waals surface area contributed by atoms with Gasteiger partial charge in [-0.3, -0.25) is 0 Å². The van der Waals surface area contributed by atoms with E-state index in [1.165, 1.54) is 109 Å². The van der Waals surface area contributed by atoms with E-state index in [1.54, 1.807) is 22.3 Å². The largest absolute Gasteiger partial charge is 0.0654 e. The predicted octanol–water partition coefficient (Wildman–Crippen LogP) is 10.5. The van der Waals surface area contributed by atoms with Crippen molar-refractivity contribution < 1.29 is 0 Å². The van der Waals surface area contributed by atoms with E-state index in [1.807, 2.05) is 0 Å². The van der Waals surface area contributed by atoms with Gasteiger partial charge in [0.1, 0.15) is 0 Å². The average Bonchev–Trinajstić information content (AvgIpc) is 2.85. The van der Waals surface area contributed by atoms with E-state index in [0.29, 0.717) is 0 Å². The fourth-order valence-corrected chi connectivity index (χ4v) is 5.44. The number of rotatable bonds is 12. The highest BCUT2D eigenvalue weighted by Crippen LogP contribution is 2.32. The maximum absolute atomic E-state index is 2.50. The molecule has 0 unspecified atom stereocenters. The molecule has 4 aromatic carbocycles. The molecule has 0 radical (unpaired) electrons. The van der Waals surface area contributed by atoms with Crippen molar-refractivity contribution in [1.82, 2.24) is 0 Å². The lowest BCUT2D eigenvalue weighted by atomic mass is 9.90. The SMILES string of the molecule is CCCCc1cc2cc3cc4cc(CCCC)c(CCCC)cc4cc3cc2cc1CCCC. The molecule has 0 bridgehead atoms. The van der Waals surface area contributed by atoms with Crippen molar-refractivity contribution in [3.8, 4) is 0 Å². The molecule has 0 aromatic heterocycles. The Morgan fingerprint density at radius 1 is 0.324 bits per heavy atom. The van der Waals surface area contributed by atoms with Crippen LogP contribution >= 0.6 is 0 Å². The molecule has 0 aliphatic rings. The Hall–Kier alpha value is -2.34. The van der Waals surface area contributed by atoms with Gasteiger partial charge in [-0.1, -0.05) is 77.6 Å². The third kappa shape index (κ3) is 5.65. The molecule has 0 fully saturated rings. The summed E-state index contributed by atoms with van der Waals surface area (Å²) in [6.45, 7) is 9.20. The zero-order chi connectivity index (χ0) is 23.9. The summed E-state index contributed by atoms with van der Waals surface area (Å²) >= 11 is 0. The summed E-state index contributed by atoms with van der Waals surface area (Å²) in [5, 5.41) is 8.39. The van der Waals surface area contributed by atoms with Crippen LogP contribution in [0.25, 0.3) is 32.3 Å². The first-order valence-electron chi connectivity index (χ1n) is 14.1. The van der Waals surface area contributed by atoms with Gasteiger partial charge in [0, 0.05) is 0 Å². The van der Waals surface area contributed by atoms with Gasteiger partial charge in [0.25, 0.3) is 0 Å². The van der Waals surface area contributed by atoms with Crippen LogP contribution in [0.3, 0.4) is 0 Å². The minimum Gasteiger partial charge on any atom is -0.0654 e. The lowest BCUT2D eigenvalue weighted by Crippen LogP contribution is -1.97. The summed E-state index contributed by atoms with van der Waals surface area (Å²) in [4.78, 5) is 0. The van der Waals surface area contributed by atoms with Gasteiger partial charge in [0.2, 0.25) is 0 Å². The third-order valence-electron chi connectivity index (χ3n) is 7.59. The van der Waals surface area contributed by atoms with E-state index in [-0.39, 0.29) is 0 Å². The number of hydrogen-bond donors (Lipinski definition) is 0. The van der Waals surface area contributed by atoms with Crippen molar-refractivity contribution in [2.75, 3.05) is 0 Å². The first-order valence-corrected chi connectivity index (χ1v) is 14.1. The molecule has 4 aromatic rings. The van der Waals surface area contributed by atoms with Crippen molar-refractivity contribution in [3.63, 3.8) is 0 Å². The Morgan fingerprint density at radius 2 is 0.529 bits per heavy atom. The highest BCUT2D eigenvalue weighted by Gasteiger charge is 2.10. The van der Waals surface area contributed by atoms with E-state index < -0.39 is 0 Å². The first-order chi connectivity index (χ1) is 16.7. The molecule has 0 spiro atoms. The van der Waals surface area contributed by atoms with E-state index >= 15 is 0 Å². The highest BCUT2D eigenvalue weighted by atomic mass is 14.1. The molecule has 0 amide bonds. The van der Waals surface area contributed by atoms with E-state index in [2.05, 4.69) is 76.2 Å². The number of benzene rings is 4. The molecule has 0 heterocycles. The predicted molar refractivity (Wildman–Crippen MR) is 153 cm³/mol. The highest BCUT2D eigenvalue weighted by molar-refractivity contribution is 6.05. The molecule has 0 heteroatoms. The number of unbranched alkanes of at least 4 members (excludes halogenated alkanes) is 4. The van der Waals surface area contributed by atoms with Gasteiger partial charge in [-0.25, -0.2) is 0 Å². The van der Waals surface area contributed by atoms with Crippen LogP contribution in [0, 0.1) is 0 Å². The minimum absolute atomic E-state index is 1.21. The Bertz CT molecular complexity index is 1050. The zero-order valence-electron chi connectivity index (χ0n) is 22.1. The fraction of sp³-hybridized carbons (Fsp3) is 0.471. The molecule has 0 aliphatic heterocycles. The molecule has 0 saturated carbocycles. The van der Waals surface area contributed by atoms with Crippen LogP contribution in [0.1, 0.15) is 101 Å². The summed E-state index contributed by atoms with van der Waals surface area (Å²) in [7, 11) is 0. The average molecular weight is 453 g/mol. The Balaban J connectivity index is 1.82. The summed E-state index contributed by atoms with van der Waals surface area (Å²) in [5.74, 6) is 0. The molecule has 180 valence electrons. The summed E-state index contributed by atoms with van der Waals surface area (Å²) in [5.41, 5.74) is 6.30. The first kappa shape index (κ1) is 24.8. The second-order valence-corrected chi connectivity index (χ2v) is 10.4. The molecule has 0 nitrogen and oxygen atoms in total. The normalized spacial score (nSPS) is 11.8. The Morgan fingerprint density at radius 3 is 0.735 bits per heavy atom. The van der Waals surface area contributed by atoms with Crippen LogP contribution < -0.4 is 0 Å². The van der Waals surface area contributed by atoms with Gasteiger partial charge < -0.3 is 0 Å². The molecule has 0 atom stereocenters. The van der Waals surface area contributed by atoms with Crippen molar-refractivity contribution in [3.05, 3.63) is 70.8 Å². The summed E-state index contributed by atoms with van der Waals surface area (Å²) in [6, 6.07) is 19.8. The van der Waals surface area contributed by atoms with E-state index in [0.717, 1.165) is 0 Å². The lowest BCUT2D eigenvalue weighted by Gasteiger charge is -2.14. The standard InChI is InChI=1S/C34H44/c1-5-9-13-25-17-29-21-33-23-31-19-27(15-11-7-3)28(16-12-8-4)20-32(31)24-34(33)22-30(29)18-26(25)14-10-6-2/h17-24H,5-16H2,1-4H3. The van der Waals surface area contributed by atoms with Gasteiger partial charge >= 0.3 is 0 Å². The van der Waals surface area contributed by atoms with Gasteiger partial charge in [0.05, 0.1) is 0 Å². The smallest absolute Gasteiger partial charge is 0.0171 e. The maximum Gasteiger partial charge on any atom is -0.0171 e. The maximum atomic E-state index is 2.50. The second kappa shape index (κ2) is 11.9. The van der Waals surface area contributed by atoms with Crippen LogP contribution in [-0.4, -0.2) is 0 Å². The number of fused-ring (bicyclic) bond motifs is 3. The van der Waals surface area contributed by atoms with Crippen LogP contribution in [0.2, 0.25) is 0 Å². The third-order valence-corrected chi connectivity index (χ3v) is 7.59. The summed E-state index contributed by atoms with van der Waals surface area (Å²) < 4.78 is 0. The van der Waals surface area contributed by atoms with Gasteiger partial charge in [-0.2, -0.15) is 0 Å². The Kier molecular flexibility index (Phi) is 8.65. The van der Waals surface area contributed by atoms with Crippen molar-refractivity contribution in [2.24, 2.45) is 0 Å². The monoisotopic (exact) mass is 452 g/mol. The molecular formula is C34H44. The topological polar surface area (TPSA) is 0 Å². The van der Waals surface area contributed by atoms with Crippen LogP contribution in [0.15, 0.2) is 48.5 Å². The van der Waals surface area contributed by atoms with Gasteiger partial charge in [-0.15, -0.1) is 0 Å². The fourth-order valence-electron chi connectivity index (χ4n) is 5.44. The number of hydrogen-bond acceptors (Lipinski definition) is 0. The van der Waals surface area contributed by atoms with Gasteiger partial charge in [0.15, 0.2) is 0 Å².